The van der Waals surface area contributed by atoms with E-state index in [1.807, 2.05) is 6.07 Å². The van der Waals surface area contributed by atoms with Crippen molar-refractivity contribution in [3.8, 4) is 11.8 Å². The Morgan fingerprint density at radius 1 is 1.20 bits per heavy atom. The molecule has 11 heteroatoms. The first-order valence-corrected chi connectivity index (χ1v) is 11.2. The fourth-order valence-corrected chi connectivity index (χ4v) is 3.25. The monoisotopic (exact) mass is 489 g/mol. The summed E-state index contributed by atoms with van der Waals surface area (Å²) in [5.41, 5.74) is 5.21. The van der Waals surface area contributed by atoms with E-state index in [0.717, 1.165) is 4.90 Å². The van der Waals surface area contributed by atoms with Crippen LogP contribution >= 0.6 is 0 Å². The molecule has 1 aromatic rings. The maximum atomic E-state index is 13.6. The van der Waals surface area contributed by atoms with Gasteiger partial charge in [0.1, 0.15) is 30.0 Å². The Balaban J connectivity index is 3.49. The van der Waals surface area contributed by atoms with Gasteiger partial charge < -0.3 is 31.1 Å². The van der Waals surface area contributed by atoms with Crippen LogP contribution in [0.15, 0.2) is 18.2 Å². The number of hydrogen-bond acceptors (Lipinski definition) is 7. The lowest BCUT2D eigenvalue weighted by atomic mass is 9.99. The molecular weight excluding hydrogens is 454 g/mol. The third kappa shape index (κ3) is 9.52. The first kappa shape index (κ1) is 29.2. The van der Waals surface area contributed by atoms with Gasteiger partial charge in [-0.15, -0.1) is 0 Å². The van der Waals surface area contributed by atoms with Crippen LogP contribution in [0, 0.1) is 18.3 Å². The number of alkyl carbamates (subject to hydrolysis) is 1. The highest BCUT2D eigenvalue weighted by molar-refractivity contribution is 5.92. The molecule has 0 saturated heterocycles. The minimum Gasteiger partial charge on any atom is -0.508 e. The number of aromatic hydroxyl groups is 1. The summed E-state index contributed by atoms with van der Waals surface area (Å²) in [4.78, 5) is 51.7. The largest absolute Gasteiger partial charge is 0.508 e. The summed E-state index contributed by atoms with van der Waals surface area (Å²) in [6.07, 6.45) is -1.29. The molecule has 0 aliphatic rings. The molecule has 4 amide bonds. The van der Waals surface area contributed by atoms with Crippen molar-refractivity contribution in [1.82, 2.24) is 15.5 Å². The summed E-state index contributed by atoms with van der Waals surface area (Å²) < 4.78 is 5.23. The van der Waals surface area contributed by atoms with Crippen LogP contribution in [0.25, 0.3) is 0 Å². The quantitative estimate of drug-likeness (QED) is 0.362. The molecule has 0 spiro atoms. The average molecular weight is 490 g/mol. The Labute approximate surface area is 205 Å². The van der Waals surface area contributed by atoms with Gasteiger partial charge in [-0.25, -0.2) is 4.79 Å². The molecule has 35 heavy (non-hydrogen) atoms. The number of aryl methyl sites for hydroxylation is 1. The number of nitriles is 1. The van der Waals surface area contributed by atoms with Gasteiger partial charge in [0.05, 0.1) is 6.07 Å². The molecule has 192 valence electrons. The summed E-state index contributed by atoms with van der Waals surface area (Å²) in [5, 5.41) is 24.6. The molecule has 0 radical (unpaired) electrons. The zero-order valence-corrected chi connectivity index (χ0v) is 21.0. The van der Waals surface area contributed by atoms with E-state index in [2.05, 4.69) is 10.6 Å². The number of amides is 4. The number of phenolic OH excluding ortho intramolecular Hbond substituents is 1. The lowest BCUT2D eigenvalue weighted by molar-refractivity contribution is -0.142. The number of nitrogens with two attached hydrogens (primary N) is 1. The summed E-state index contributed by atoms with van der Waals surface area (Å²) >= 11 is 0. The number of benzene rings is 1. The number of primary amides is 1. The number of carbonyl (C=O) groups is 4. The van der Waals surface area contributed by atoms with Gasteiger partial charge in [-0.1, -0.05) is 6.07 Å². The molecule has 2 unspecified atom stereocenters. The van der Waals surface area contributed by atoms with Crippen LogP contribution < -0.4 is 16.4 Å². The number of nitrogens with zero attached hydrogens (tertiary/aromatic N) is 2. The summed E-state index contributed by atoms with van der Waals surface area (Å²) in [5.74, 6) is -2.02. The molecule has 11 nitrogen and oxygen atoms in total. The van der Waals surface area contributed by atoms with Crippen molar-refractivity contribution in [3.63, 3.8) is 0 Å². The van der Waals surface area contributed by atoms with Crippen LogP contribution in [-0.2, 0) is 19.1 Å². The van der Waals surface area contributed by atoms with Gasteiger partial charge >= 0.3 is 6.09 Å². The predicted molar refractivity (Wildman–Crippen MR) is 128 cm³/mol. The zero-order valence-electron chi connectivity index (χ0n) is 21.0. The molecule has 1 aromatic carbocycles. The van der Waals surface area contributed by atoms with Crippen molar-refractivity contribution in [3.05, 3.63) is 29.3 Å². The van der Waals surface area contributed by atoms with Crippen molar-refractivity contribution >= 4 is 23.8 Å². The molecule has 5 N–H and O–H groups in total. The van der Waals surface area contributed by atoms with Gasteiger partial charge in [0.25, 0.3) is 0 Å². The maximum Gasteiger partial charge on any atom is 0.408 e. The number of rotatable bonds is 10. The van der Waals surface area contributed by atoms with Gasteiger partial charge in [-0.05, 0) is 71.2 Å². The number of carbonyl (C=O) groups excluding carboxylic acids is 4. The van der Waals surface area contributed by atoms with E-state index < -0.39 is 48.0 Å². The summed E-state index contributed by atoms with van der Waals surface area (Å²) in [6.45, 7) is 9.57. The number of hydrogen-bond donors (Lipinski definition) is 4. The molecule has 0 saturated carbocycles. The fraction of sp³-hybridized carbons (Fsp3) is 0.542. The van der Waals surface area contributed by atoms with Crippen molar-refractivity contribution in [1.29, 1.82) is 5.26 Å². The van der Waals surface area contributed by atoms with E-state index in [-0.39, 0.29) is 24.6 Å². The van der Waals surface area contributed by atoms with Crippen molar-refractivity contribution in [2.24, 2.45) is 5.73 Å². The van der Waals surface area contributed by atoms with Crippen LogP contribution in [0.1, 0.15) is 64.6 Å². The lowest BCUT2D eigenvalue weighted by Gasteiger charge is -2.33. The van der Waals surface area contributed by atoms with E-state index in [9.17, 15) is 29.5 Å². The predicted octanol–water partition coefficient (Wildman–Crippen LogP) is 1.78. The van der Waals surface area contributed by atoms with E-state index in [4.69, 9.17) is 10.5 Å². The van der Waals surface area contributed by atoms with E-state index in [1.54, 1.807) is 41.5 Å². The minimum atomic E-state index is -1.29. The first-order valence-electron chi connectivity index (χ1n) is 11.2. The SMILES string of the molecule is Cc1cc(C(C(=O)NC(C)C)N(CC#N)C(=O)C(CCC(N)=O)NC(=O)OC(C)(C)C)ccc1O. The molecule has 0 bridgehead atoms. The number of nitrogens with one attached hydrogen (secondary N) is 2. The Bertz CT molecular complexity index is 980. The summed E-state index contributed by atoms with van der Waals surface area (Å²) in [7, 11) is 0. The minimum absolute atomic E-state index is 0.000791. The molecule has 0 fully saturated rings. The van der Waals surface area contributed by atoms with Crippen LogP contribution in [0.4, 0.5) is 4.79 Å². The van der Waals surface area contributed by atoms with E-state index >= 15 is 0 Å². The second-order valence-electron chi connectivity index (χ2n) is 9.44. The third-order valence-electron chi connectivity index (χ3n) is 4.72. The molecule has 0 aliphatic carbocycles. The molecule has 0 aliphatic heterocycles. The Hall–Kier alpha value is -3.81. The Kier molecular flexibility index (Phi) is 10.5. The normalized spacial score (nSPS) is 12.7. The maximum absolute atomic E-state index is 13.6. The first-order chi connectivity index (χ1) is 16.2. The van der Waals surface area contributed by atoms with Crippen LogP contribution in [0.3, 0.4) is 0 Å². The van der Waals surface area contributed by atoms with Crippen molar-refractivity contribution in [2.75, 3.05) is 6.54 Å². The van der Waals surface area contributed by atoms with Crippen LogP contribution in [-0.4, -0.2) is 58.1 Å². The van der Waals surface area contributed by atoms with Crippen molar-refractivity contribution in [2.45, 2.75) is 78.1 Å². The number of ether oxygens (including phenoxy) is 1. The molecule has 0 aromatic heterocycles. The topological polar surface area (TPSA) is 175 Å². The zero-order chi connectivity index (χ0) is 26.9. The average Bonchev–Trinajstić information content (AvgIpc) is 2.70. The highest BCUT2D eigenvalue weighted by atomic mass is 16.6. The molecule has 1 rings (SSSR count). The second kappa shape index (κ2) is 12.6. The Morgan fingerprint density at radius 2 is 1.83 bits per heavy atom. The standard InChI is InChI=1S/C24H35N5O6/c1-14(2)27-21(32)20(16-7-9-18(30)15(3)13-16)29(12-11-25)22(33)17(8-10-19(26)31)28-23(34)35-24(4,5)6/h7,9,13-14,17,20,30H,8,10,12H2,1-6H3,(H2,26,31)(H,27,32)(H,28,34). The van der Waals surface area contributed by atoms with Crippen LogP contribution in [0.2, 0.25) is 0 Å². The Morgan fingerprint density at radius 3 is 2.31 bits per heavy atom. The molecule has 2 atom stereocenters. The van der Waals surface area contributed by atoms with Crippen molar-refractivity contribution < 1.29 is 29.0 Å². The number of phenols is 1. The highest BCUT2D eigenvalue weighted by Crippen LogP contribution is 2.27. The van der Waals surface area contributed by atoms with Gasteiger partial charge in [-0.2, -0.15) is 5.26 Å². The highest BCUT2D eigenvalue weighted by Gasteiger charge is 2.36. The lowest BCUT2D eigenvalue weighted by Crippen LogP contribution is -2.53. The fourth-order valence-electron chi connectivity index (χ4n) is 3.25. The van der Waals surface area contributed by atoms with Gasteiger partial charge in [0.15, 0.2) is 0 Å². The third-order valence-corrected chi connectivity index (χ3v) is 4.72. The molecule has 0 heterocycles. The van der Waals surface area contributed by atoms with Crippen LogP contribution in [0.5, 0.6) is 5.75 Å². The van der Waals surface area contributed by atoms with Gasteiger partial charge in [0.2, 0.25) is 17.7 Å². The van der Waals surface area contributed by atoms with Gasteiger partial charge in [-0.3, -0.25) is 14.4 Å². The summed E-state index contributed by atoms with van der Waals surface area (Å²) in [6, 6.07) is 3.47. The van der Waals surface area contributed by atoms with E-state index in [0.29, 0.717) is 11.1 Å². The second-order valence-corrected chi connectivity index (χ2v) is 9.44. The van der Waals surface area contributed by atoms with E-state index in [1.165, 1.54) is 18.2 Å². The molecular formula is C24H35N5O6. The van der Waals surface area contributed by atoms with Gasteiger partial charge in [0, 0.05) is 12.5 Å². The smallest absolute Gasteiger partial charge is 0.408 e.